The number of benzene rings is 1. The minimum Gasteiger partial charge on any atom is -0.478 e. The van der Waals surface area contributed by atoms with Gasteiger partial charge in [-0.3, -0.25) is 0 Å². The molecule has 0 fully saturated rings. The Kier molecular flexibility index (Phi) is 3.89. The predicted octanol–water partition coefficient (Wildman–Crippen LogP) is -1.10. The van der Waals surface area contributed by atoms with E-state index in [1.807, 2.05) is 0 Å². The maximum Gasteiger partial charge on any atom is 0.337 e. The Balaban J connectivity index is 3.34. The van der Waals surface area contributed by atoms with Crippen LogP contribution in [0.15, 0.2) is 18.2 Å². The quantitative estimate of drug-likeness (QED) is 0.263. The van der Waals surface area contributed by atoms with E-state index >= 15 is 0 Å². The summed E-state index contributed by atoms with van der Waals surface area (Å²) in [6.45, 7) is 0. The van der Waals surface area contributed by atoms with Crippen LogP contribution in [0.5, 0.6) is 0 Å². The third kappa shape index (κ3) is 2.88. The minimum absolute atomic E-state index is 0.0199. The largest absolute Gasteiger partial charge is 0.478 e. The monoisotopic (exact) mass is 268 g/mol. The zero-order chi connectivity index (χ0) is 14.7. The van der Waals surface area contributed by atoms with Crippen LogP contribution in [-0.2, 0) is 0 Å². The first kappa shape index (κ1) is 14.2. The highest BCUT2D eigenvalue weighted by molar-refractivity contribution is 6.02. The summed E-state index contributed by atoms with van der Waals surface area (Å²) >= 11 is 0. The van der Waals surface area contributed by atoms with Crippen molar-refractivity contribution >= 4 is 29.4 Å². The summed E-state index contributed by atoms with van der Waals surface area (Å²) < 4.78 is 0. The molecule has 0 radical (unpaired) electrons. The van der Waals surface area contributed by atoms with Crippen molar-refractivity contribution < 1.29 is 19.5 Å². The highest BCUT2D eigenvalue weighted by atomic mass is 16.4. The van der Waals surface area contributed by atoms with Gasteiger partial charge in [0.25, 0.3) is 0 Å². The van der Waals surface area contributed by atoms with Gasteiger partial charge in [0.2, 0.25) is 0 Å². The molecule has 1 aromatic rings. The molecule has 1 aromatic carbocycles. The number of carbonyl (C=O) groups excluding carboxylic acids is 2. The third-order valence-electron chi connectivity index (χ3n) is 2.22. The van der Waals surface area contributed by atoms with E-state index in [4.69, 9.17) is 28.3 Å². The van der Waals surface area contributed by atoms with E-state index in [1.165, 1.54) is 12.1 Å². The van der Waals surface area contributed by atoms with Gasteiger partial charge in [-0.2, -0.15) is 0 Å². The number of carboxylic acids is 1. The molecule has 0 saturated carbocycles. The molecule has 9 N–H and O–H groups in total. The lowest BCUT2D eigenvalue weighted by Crippen LogP contribution is -2.43. The number of amides is 4. The zero-order valence-electron chi connectivity index (χ0n) is 9.61. The fourth-order valence-electron chi connectivity index (χ4n) is 1.30. The zero-order valence-corrected chi connectivity index (χ0v) is 9.61. The molecular formula is C9H12N6O4. The summed E-state index contributed by atoms with van der Waals surface area (Å²) in [5, 5.41) is 10.0. The van der Waals surface area contributed by atoms with Gasteiger partial charge in [-0.1, -0.05) is 0 Å². The minimum atomic E-state index is -1.38. The molecule has 102 valence electrons. The topological polar surface area (TPSA) is 182 Å². The second kappa shape index (κ2) is 5.20. The second-order valence-electron chi connectivity index (χ2n) is 3.42. The lowest BCUT2D eigenvalue weighted by molar-refractivity contribution is 0.0697. The normalized spacial score (nSPS) is 9.79. The summed E-state index contributed by atoms with van der Waals surface area (Å²) in [6, 6.07) is 1.44. The van der Waals surface area contributed by atoms with Crippen molar-refractivity contribution in [3.63, 3.8) is 0 Å². The predicted molar refractivity (Wildman–Crippen MR) is 65.9 cm³/mol. The number of hydrogen-bond donors (Lipinski definition) is 5. The van der Waals surface area contributed by atoms with Crippen LogP contribution < -0.4 is 33.2 Å². The molecule has 0 aliphatic rings. The standard InChI is InChI=1S/C9H12N6O4/c10-8(18)14(12)4-1-2-6(15(13)9(11)19)5(3-4)7(16)17/h1-3H,12-13H2,(H2,10,18)(H2,11,19)(H,16,17). The molecule has 0 bridgehead atoms. The second-order valence-corrected chi connectivity index (χ2v) is 3.42. The fraction of sp³-hybridized carbons (Fsp3) is 0. The molecule has 0 aliphatic carbocycles. The number of nitrogens with two attached hydrogens (primary N) is 4. The number of primary amides is 2. The number of rotatable bonds is 3. The molecular weight excluding hydrogens is 256 g/mol. The molecule has 1 rings (SSSR count). The van der Waals surface area contributed by atoms with Gasteiger partial charge in [0.05, 0.1) is 16.9 Å². The van der Waals surface area contributed by atoms with Crippen molar-refractivity contribution in [2.45, 2.75) is 0 Å². The lowest BCUT2D eigenvalue weighted by atomic mass is 10.1. The molecule has 0 atom stereocenters. The van der Waals surface area contributed by atoms with Crippen molar-refractivity contribution in [2.75, 3.05) is 10.0 Å². The van der Waals surface area contributed by atoms with E-state index in [9.17, 15) is 14.4 Å². The van der Waals surface area contributed by atoms with E-state index < -0.39 is 18.0 Å². The Hall–Kier alpha value is -2.85. The summed E-state index contributed by atoms with van der Waals surface area (Å²) in [4.78, 5) is 32.9. The first-order valence-corrected chi connectivity index (χ1v) is 4.81. The average molecular weight is 268 g/mol. The molecule has 0 saturated heterocycles. The molecule has 10 nitrogen and oxygen atoms in total. The smallest absolute Gasteiger partial charge is 0.337 e. The van der Waals surface area contributed by atoms with Gasteiger partial charge in [-0.15, -0.1) is 0 Å². The van der Waals surface area contributed by atoms with Gasteiger partial charge in [0.1, 0.15) is 0 Å². The van der Waals surface area contributed by atoms with E-state index in [2.05, 4.69) is 0 Å². The van der Waals surface area contributed by atoms with E-state index in [0.29, 0.717) is 10.0 Å². The van der Waals surface area contributed by atoms with Crippen LogP contribution >= 0.6 is 0 Å². The Labute approximate surface area is 107 Å². The number of nitrogens with zero attached hydrogens (tertiary/aromatic N) is 2. The molecule has 0 aromatic heterocycles. The summed E-state index contributed by atoms with van der Waals surface area (Å²) in [6.07, 6.45) is 0. The van der Waals surface area contributed by atoms with E-state index in [0.717, 1.165) is 6.07 Å². The Bertz CT molecular complexity index is 546. The highest BCUT2D eigenvalue weighted by Crippen LogP contribution is 2.24. The number of hydrazine groups is 2. The van der Waals surface area contributed by atoms with Crippen molar-refractivity contribution in [1.29, 1.82) is 0 Å². The summed E-state index contributed by atoms with van der Waals surface area (Å²) in [7, 11) is 0. The molecule has 10 heteroatoms. The number of aromatic carboxylic acids is 1. The number of carbonyl (C=O) groups is 3. The van der Waals surface area contributed by atoms with Gasteiger partial charge in [0.15, 0.2) is 0 Å². The Morgan fingerprint density at radius 2 is 1.53 bits per heavy atom. The molecule has 19 heavy (non-hydrogen) atoms. The number of anilines is 2. The van der Waals surface area contributed by atoms with Crippen molar-refractivity contribution in [2.24, 2.45) is 23.2 Å². The molecule has 0 aliphatic heterocycles. The first-order chi connectivity index (χ1) is 8.75. The SMILES string of the molecule is NC(=O)N(N)c1ccc(N(N)C(N)=O)c(C(=O)O)c1. The van der Waals surface area contributed by atoms with Crippen LogP contribution in [0, 0.1) is 0 Å². The van der Waals surface area contributed by atoms with Gasteiger partial charge < -0.3 is 16.6 Å². The van der Waals surface area contributed by atoms with E-state index in [1.54, 1.807) is 0 Å². The van der Waals surface area contributed by atoms with Crippen LogP contribution in [0.1, 0.15) is 10.4 Å². The van der Waals surface area contributed by atoms with E-state index in [-0.39, 0.29) is 16.9 Å². The number of urea groups is 2. The maximum absolute atomic E-state index is 11.1. The van der Waals surface area contributed by atoms with Crippen LogP contribution in [0.4, 0.5) is 21.0 Å². The molecule has 0 spiro atoms. The summed E-state index contributed by atoms with van der Waals surface area (Å²) in [5.41, 5.74) is 9.39. The number of hydrogen-bond acceptors (Lipinski definition) is 5. The van der Waals surface area contributed by atoms with Crippen molar-refractivity contribution in [3.05, 3.63) is 23.8 Å². The van der Waals surface area contributed by atoms with Crippen molar-refractivity contribution in [1.82, 2.24) is 0 Å². The van der Waals surface area contributed by atoms with Gasteiger partial charge >= 0.3 is 18.0 Å². The maximum atomic E-state index is 11.1. The van der Waals surface area contributed by atoms with Crippen LogP contribution in [-0.4, -0.2) is 23.1 Å². The highest BCUT2D eigenvalue weighted by Gasteiger charge is 2.19. The lowest BCUT2D eigenvalue weighted by Gasteiger charge is -2.19. The molecule has 4 amide bonds. The van der Waals surface area contributed by atoms with Crippen molar-refractivity contribution in [3.8, 4) is 0 Å². The first-order valence-electron chi connectivity index (χ1n) is 4.81. The van der Waals surface area contributed by atoms with Gasteiger partial charge in [0, 0.05) is 0 Å². The third-order valence-corrected chi connectivity index (χ3v) is 2.22. The average Bonchev–Trinajstić information content (AvgIpc) is 2.35. The Morgan fingerprint density at radius 1 is 1.00 bits per heavy atom. The number of carboxylic acid groups (broad SMARTS) is 1. The summed E-state index contributed by atoms with van der Waals surface area (Å²) in [5.74, 6) is 9.26. The van der Waals surface area contributed by atoms with Gasteiger partial charge in [-0.05, 0) is 18.2 Å². The van der Waals surface area contributed by atoms with Gasteiger partial charge in [-0.25, -0.2) is 36.1 Å². The van der Waals surface area contributed by atoms with Crippen LogP contribution in [0.3, 0.4) is 0 Å². The molecule has 0 unspecified atom stereocenters. The van der Waals surface area contributed by atoms with Crippen LogP contribution in [0.2, 0.25) is 0 Å². The fourth-order valence-corrected chi connectivity index (χ4v) is 1.30. The van der Waals surface area contributed by atoms with Crippen LogP contribution in [0.25, 0.3) is 0 Å². The Morgan fingerprint density at radius 3 is 1.95 bits per heavy atom. The molecule has 0 heterocycles.